The van der Waals surface area contributed by atoms with E-state index < -0.39 is 0 Å². The molecule has 1 N–H and O–H groups in total. The van der Waals surface area contributed by atoms with E-state index in [1.165, 1.54) is 25.7 Å². The van der Waals surface area contributed by atoms with E-state index in [1.54, 1.807) is 6.20 Å². The van der Waals surface area contributed by atoms with Crippen LogP contribution in [-0.2, 0) is 9.59 Å². The fraction of sp³-hybridized carbons (Fsp3) is 0.696. The lowest BCUT2D eigenvalue weighted by atomic mass is 9.88. The van der Waals surface area contributed by atoms with Crippen LogP contribution in [0.3, 0.4) is 0 Å². The normalized spacial score (nSPS) is 21.8. The number of hydrogen-bond acceptors (Lipinski definition) is 4. The van der Waals surface area contributed by atoms with Gasteiger partial charge < -0.3 is 15.1 Å². The van der Waals surface area contributed by atoms with Gasteiger partial charge in [0.1, 0.15) is 5.82 Å². The molecule has 6 heteroatoms. The molecular weight excluding hydrogens is 364 g/mol. The highest BCUT2D eigenvalue weighted by atomic mass is 16.2. The molecule has 3 aliphatic rings. The van der Waals surface area contributed by atoms with Crippen LogP contribution in [0, 0.1) is 11.8 Å². The molecule has 1 aromatic rings. The number of carbonyl (C=O) groups is 2. The van der Waals surface area contributed by atoms with Crippen molar-refractivity contribution in [3.63, 3.8) is 0 Å². The Hall–Kier alpha value is -2.11. The molecule has 3 fully saturated rings. The lowest BCUT2D eigenvalue weighted by Gasteiger charge is -2.37. The maximum Gasteiger partial charge on any atom is 0.227 e. The van der Waals surface area contributed by atoms with E-state index in [1.807, 2.05) is 17.0 Å². The van der Waals surface area contributed by atoms with E-state index in [2.05, 4.69) is 15.2 Å². The highest BCUT2D eigenvalue weighted by Crippen LogP contribution is 2.27. The predicted molar refractivity (Wildman–Crippen MR) is 115 cm³/mol. The number of rotatable bonds is 4. The van der Waals surface area contributed by atoms with E-state index in [-0.39, 0.29) is 17.7 Å². The Morgan fingerprint density at radius 1 is 0.828 bits per heavy atom. The number of aromatic nitrogens is 1. The zero-order valence-corrected chi connectivity index (χ0v) is 17.4. The molecule has 158 valence electrons. The van der Waals surface area contributed by atoms with Gasteiger partial charge in [0.2, 0.25) is 11.8 Å². The zero-order chi connectivity index (χ0) is 20.1. The van der Waals surface area contributed by atoms with E-state index in [0.717, 1.165) is 76.2 Å². The van der Waals surface area contributed by atoms with Gasteiger partial charge in [0.05, 0.1) is 11.9 Å². The smallest absolute Gasteiger partial charge is 0.227 e. The molecule has 2 amide bonds. The average Bonchev–Trinajstić information content (AvgIpc) is 2.80. The Bertz CT molecular complexity index is 685. The van der Waals surface area contributed by atoms with Gasteiger partial charge in [-0.05, 0) is 37.8 Å². The monoisotopic (exact) mass is 398 g/mol. The maximum absolute atomic E-state index is 12.7. The topological polar surface area (TPSA) is 65.5 Å². The molecule has 0 radical (unpaired) electrons. The molecule has 0 spiro atoms. The number of nitrogens with one attached hydrogen (secondary N) is 1. The van der Waals surface area contributed by atoms with Crippen molar-refractivity contribution in [2.45, 2.75) is 64.2 Å². The van der Waals surface area contributed by atoms with Crippen molar-refractivity contribution >= 4 is 23.3 Å². The molecule has 6 nitrogen and oxygen atoms in total. The van der Waals surface area contributed by atoms with Gasteiger partial charge in [0, 0.05) is 38.0 Å². The van der Waals surface area contributed by atoms with Crippen LogP contribution in [0.15, 0.2) is 18.3 Å². The van der Waals surface area contributed by atoms with E-state index >= 15 is 0 Å². The third-order valence-corrected chi connectivity index (χ3v) is 6.86. The van der Waals surface area contributed by atoms with Crippen molar-refractivity contribution in [2.24, 2.45) is 11.8 Å². The standard InChI is InChI=1S/C23H34N4O2/c28-22(18-7-3-1-4-8-18)25-20-11-12-21(24-17-20)26-13-15-27(16-14-26)23(29)19-9-5-2-6-10-19/h11-12,17-19H,1-10,13-16H2,(H,25,28). The minimum Gasteiger partial charge on any atom is -0.353 e. The largest absolute Gasteiger partial charge is 0.353 e. The van der Waals surface area contributed by atoms with Gasteiger partial charge in [-0.3, -0.25) is 9.59 Å². The van der Waals surface area contributed by atoms with Crippen LogP contribution in [0.25, 0.3) is 0 Å². The first-order valence-corrected chi connectivity index (χ1v) is 11.5. The fourth-order valence-electron chi connectivity index (χ4n) is 5.02. The summed E-state index contributed by atoms with van der Waals surface area (Å²) in [5.41, 5.74) is 0.774. The van der Waals surface area contributed by atoms with Crippen LogP contribution < -0.4 is 10.2 Å². The molecule has 1 aromatic heterocycles. The summed E-state index contributed by atoms with van der Waals surface area (Å²) in [5.74, 6) is 1.82. The van der Waals surface area contributed by atoms with Crippen molar-refractivity contribution in [3.8, 4) is 0 Å². The summed E-state index contributed by atoms with van der Waals surface area (Å²) < 4.78 is 0. The molecule has 0 aromatic carbocycles. The number of amides is 2. The van der Waals surface area contributed by atoms with Gasteiger partial charge in [0.15, 0.2) is 0 Å². The van der Waals surface area contributed by atoms with Crippen LogP contribution in [0.4, 0.5) is 11.5 Å². The predicted octanol–water partition coefficient (Wildman–Crippen LogP) is 3.83. The van der Waals surface area contributed by atoms with Crippen molar-refractivity contribution in [3.05, 3.63) is 18.3 Å². The number of hydrogen-bond donors (Lipinski definition) is 1. The lowest BCUT2D eigenvalue weighted by molar-refractivity contribution is -0.136. The Balaban J connectivity index is 1.26. The maximum atomic E-state index is 12.7. The lowest BCUT2D eigenvalue weighted by Crippen LogP contribution is -2.50. The summed E-state index contributed by atoms with van der Waals surface area (Å²) >= 11 is 0. The van der Waals surface area contributed by atoms with Crippen LogP contribution in [0.2, 0.25) is 0 Å². The van der Waals surface area contributed by atoms with Gasteiger partial charge in [-0.1, -0.05) is 38.5 Å². The summed E-state index contributed by atoms with van der Waals surface area (Å²) in [5, 5.41) is 3.03. The number of nitrogens with zero attached hydrogens (tertiary/aromatic N) is 3. The van der Waals surface area contributed by atoms with E-state index in [0.29, 0.717) is 5.91 Å². The second kappa shape index (κ2) is 9.59. The summed E-state index contributed by atoms with van der Waals surface area (Å²) in [6, 6.07) is 3.93. The zero-order valence-electron chi connectivity index (χ0n) is 17.4. The average molecular weight is 399 g/mol. The molecule has 1 aliphatic heterocycles. The molecular formula is C23H34N4O2. The summed E-state index contributed by atoms with van der Waals surface area (Å²) in [7, 11) is 0. The first-order valence-electron chi connectivity index (χ1n) is 11.5. The fourth-order valence-corrected chi connectivity index (χ4v) is 5.02. The number of piperazine rings is 1. The van der Waals surface area contributed by atoms with Crippen molar-refractivity contribution < 1.29 is 9.59 Å². The van der Waals surface area contributed by atoms with Gasteiger partial charge in [-0.2, -0.15) is 0 Å². The highest BCUT2D eigenvalue weighted by Gasteiger charge is 2.28. The molecule has 2 heterocycles. The minimum absolute atomic E-state index is 0.133. The summed E-state index contributed by atoms with van der Waals surface area (Å²) in [6.45, 7) is 3.19. The molecule has 29 heavy (non-hydrogen) atoms. The van der Waals surface area contributed by atoms with Gasteiger partial charge >= 0.3 is 0 Å². The first-order chi connectivity index (χ1) is 14.2. The number of anilines is 2. The summed E-state index contributed by atoms with van der Waals surface area (Å²) in [4.78, 5) is 34.0. The Kier molecular flexibility index (Phi) is 6.67. The molecule has 2 saturated carbocycles. The molecule has 4 rings (SSSR count). The number of pyridine rings is 1. The first kappa shape index (κ1) is 20.2. The second-order valence-corrected chi connectivity index (χ2v) is 8.88. The van der Waals surface area contributed by atoms with Crippen molar-refractivity contribution in [1.82, 2.24) is 9.88 Å². The Morgan fingerprint density at radius 3 is 2.03 bits per heavy atom. The SMILES string of the molecule is O=C(Nc1ccc(N2CCN(C(=O)C3CCCCC3)CC2)nc1)C1CCCCC1. The number of carbonyl (C=O) groups excluding carboxylic acids is 2. The van der Waals surface area contributed by atoms with Crippen molar-refractivity contribution in [2.75, 3.05) is 36.4 Å². The highest BCUT2D eigenvalue weighted by molar-refractivity contribution is 5.92. The van der Waals surface area contributed by atoms with Crippen LogP contribution in [0.1, 0.15) is 64.2 Å². The van der Waals surface area contributed by atoms with Crippen LogP contribution >= 0.6 is 0 Å². The molecule has 1 saturated heterocycles. The van der Waals surface area contributed by atoms with E-state index in [9.17, 15) is 9.59 Å². The molecule has 0 bridgehead atoms. The molecule has 0 atom stereocenters. The minimum atomic E-state index is 0.133. The quantitative estimate of drug-likeness (QED) is 0.837. The Morgan fingerprint density at radius 2 is 1.45 bits per heavy atom. The Labute approximate surface area is 174 Å². The molecule has 0 unspecified atom stereocenters. The third-order valence-electron chi connectivity index (χ3n) is 6.86. The third kappa shape index (κ3) is 5.09. The van der Waals surface area contributed by atoms with E-state index in [4.69, 9.17) is 0 Å². The van der Waals surface area contributed by atoms with Crippen LogP contribution in [0.5, 0.6) is 0 Å². The summed E-state index contributed by atoms with van der Waals surface area (Å²) in [6.07, 6.45) is 13.1. The molecule has 2 aliphatic carbocycles. The van der Waals surface area contributed by atoms with Gasteiger partial charge in [-0.25, -0.2) is 4.98 Å². The van der Waals surface area contributed by atoms with Crippen LogP contribution in [-0.4, -0.2) is 47.9 Å². The van der Waals surface area contributed by atoms with Gasteiger partial charge in [-0.15, -0.1) is 0 Å². The van der Waals surface area contributed by atoms with Crippen molar-refractivity contribution in [1.29, 1.82) is 0 Å². The van der Waals surface area contributed by atoms with Gasteiger partial charge in [0.25, 0.3) is 0 Å². The second-order valence-electron chi connectivity index (χ2n) is 8.88.